The van der Waals surface area contributed by atoms with Crippen molar-refractivity contribution in [3.05, 3.63) is 29.8 Å². The second-order valence-electron chi connectivity index (χ2n) is 2.76. The summed E-state index contributed by atoms with van der Waals surface area (Å²) < 4.78 is 21.5. The normalized spacial score (nSPS) is 15.2. The fourth-order valence-corrected chi connectivity index (χ4v) is 1.79. The van der Waals surface area contributed by atoms with Crippen molar-refractivity contribution in [2.45, 2.75) is 18.2 Å². The third-order valence-electron chi connectivity index (χ3n) is 1.95. The second-order valence-corrected chi connectivity index (χ2v) is 4.75. The van der Waals surface area contributed by atoms with Gasteiger partial charge in [0.25, 0.3) is 0 Å². The van der Waals surface area contributed by atoms with Gasteiger partial charge in [-0.2, -0.15) is 0 Å². The van der Waals surface area contributed by atoms with Gasteiger partial charge < -0.3 is 0 Å². The molecular formula is C9H14N2OS. The molecule has 3 nitrogen and oxygen atoms in total. The van der Waals surface area contributed by atoms with Gasteiger partial charge in [-0.05, 0) is 31.2 Å². The van der Waals surface area contributed by atoms with E-state index >= 15 is 0 Å². The molecular weight excluding hydrogens is 184 g/mol. The lowest BCUT2D eigenvalue weighted by Crippen LogP contribution is -2.16. The summed E-state index contributed by atoms with van der Waals surface area (Å²) in [5.74, 6) is 0. The minimum atomic E-state index is -2.77. The number of rotatable bonds is 3. The van der Waals surface area contributed by atoms with E-state index in [2.05, 4.69) is 11.6 Å². The zero-order chi connectivity index (χ0) is 9.90. The Morgan fingerprint density at radius 2 is 1.92 bits per heavy atom. The zero-order valence-corrected chi connectivity index (χ0v) is 8.65. The standard InChI is InChI=1S/C9H14N2OS/c1-3-8-4-6-9(7-5-8)13(10,12)11-2/h4-7H,3H2,1-2H3,(H2,10,11,12). The minimum Gasteiger partial charge on any atom is -0.236 e. The van der Waals surface area contributed by atoms with Crippen LogP contribution < -0.4 is 4.72 Å². The van der Waals surface area contributed by atoms with Crippen molar-refractivity contribution in [1.29, 1.82) is 4.78 Å². The molecule has 13 heavy (non-hydrogen) atoms. The van der Waals surface area contributed by atoms with Crippen LogP contribution in [-0.2, 0) is 16.3 Å². The van der Waals surface area contributed by atoms with Crippen LogP contribution in [0.5, 0.6) is 0 Å². The van der Waals surface area contributed by atoms with Crippen molar-refractivity contribution in [3.8, 4) is 0 Å². The number of hydrogen-bond acceptors (Lipinski definition) is 2. The Hall–Kier alpha value is -0.870. The van der Waals surface area contributed by atoms with E-state index in [1.165, 1.54) is 12.6 Å². The maximum Gasteiger partial charge on any atom is 0.134 e. The van der Waals surface area contributed by atoms with Crippen molar-refractivity contribution in [2.24, 2.45) is 0 Å². The molecule has 0 saturated carbocycles. The summed E-state index contributed by atoms with van der Waals surface area (Å²) in [6, 6.07) is 7.29. The van der Waals surface area contributed by atoms with Crippen molar-refractivity contribution in [3.63, 3.8) is 0 Å². The maximum absolute atomic E-state index is 11.5. The lowest BCUT2D eigenvalue weighted by Gasteiger charge is -2.05. The van der Waals surface area contributed by atoms with E-state index in [4.69, 9.17) is 4.78 Å². The summed E-state index contributed by atoms with van der Waals surface area (Å²) in [7, 11) is -1.24. The molecule has 72 valence electrons. The van der Waals surface area contributed by atoms with Gasteiger partial charge in [-0.1, -0.05) is 19.1 Å². The first-order valence-corrected chi connectivity index (χ1v) is 5.72. The van der Waals surface area contributed by atoms with Crippen LogP contribution in [0.2, 0.25) is 0 Å². The molecule has 1 aromatic rings. The average Bonchev–Trinajstić information content (AvgIpc) is 2.18. The molecule has 0 bridgehead atoms. The quantitative estimate of drug-likeness (QED) is 0.764. The van der Waals surface area contributed by atoms with E-state index in [1.54, 1.807) is 12.1 Å². The molecule has 4 heteroatoms. The van der Waals surface area contributed by atoms with Crippen LogP contribution in [0.1, 0.15) is 12.5 Å². The third kappa shape index (κ3) is 2.29. The van der Waals surface area contributed by atoms with Gasteiger partial charge in [0.2, 0.25) is 0 Å². The fourth-order valence-electron chi connectivity index (χ4n) is 1.03. The molecule has 1 rings (SSSR count). The number of hydrogen-bond donors (Lipinski definition) is 2. The van der Waals surface area contributed by atoms with Crippen LogP contribution in [0, 0.1) is 4.78 Å². The maximum atomic E-state index is 11.5. The number of benzene rings is 1. The van der Waals surface area contributed by atoms with Crippen LogP contribution in [0.25, 0.3) is 0 Å². The first-order chi connectivity index (χ1) is 6.10. The van der Waals surface area contributed by atoms with Crippen molar-refractivity contribution in [2.75, 3.05) is 7.05 Å². The molecule has 0 heterocycles. The van der Waals surface area contributed by atoms with Crippen LogP contribution >= 0.6 is 0 Å². The van der Waals surface area contributed by atoms with E-state index in [1.807, 2.05) is 12.1 Å². The Kier molecular flexibility index (Phi) is 3.06. The molecule has 0 saturated heterocycles. The molecule has 1 unspecified atom stereocenters. The van der Waals surface area contributed by atoms with Crippen LogP contribution in [0.3, 0.4) is 0 Å². The Morgan fingerprint density at radius 3 is 2.31 bits per heavy atom. The summed E-state index contributed by atoms with van der Waals surface area (Å²) in [6.45, 7) is 2.06. The Bertz CT molecular complexity index is 367. The summed E-state index contributed by atoms with van der Waals surface area (Å²) in [6.07, 6.45) is 0.957. The molecule has 0 aliphatic heterocycles. The predicted molar refractivity (Wildman–Crippen MR) is 54.0 cm³/mol. The highest BCUT2D eigenvalue weighted by molar-refractivity contribution is 7.90. The van der Waals surface area contributed by atoms with E-state index < -0.39 is 9.92 Å². The molecule has 0 amide bonds. The van der Waals surface area contributed by atoms with Gasteiger partial charge in [0.15, 0.2) is 0 Å². The van der Waals surface area contributed by atoms with Crippen molar-refractivity contribution < 1.29 is 4.21 Å². The van der Waals surface area contributed by atoms with Gasteiger partial charge >= 0.3 is 0 Å². The Labute approximate surface area is 79.3 Å². The van der Waals surface area contributed by atoms with Gasteiger partial charge in [0.05, 0.1) is 4.90 Å². The van der Waals surface area contributed by atoms with Gasteiger partial charge in [-0.25, -0.2) is 13.7 Å². The van der Waals surface area contributed by atoms with Crippen molar-refractivity contribution in [1.82, 2.24) is 4.72 Å². The molecule has 0 fully saturated rings. The molecule has 1 atom stereocenters. The fraction of sp³-hybridized carbons (Fsp3) is 0.333. The summed E-state index contributed by atoms with van der Waals surface area (Å²) in [5.41, 5.74) is 1.19. The predicted octanol–water partition coefficient (Wildman–Crippen LogP) is 1.79. The molecule has 0 spiro atoms. The molecule has 2 N–H and O–H groups in total. The van der Waals surface area contributed by atoms with Crippen LogP contribution in [0.4, 0.5) is 0 Å². The van der Waals surface area contributed by atoms with Gasteiger partial charge in [0, 0.05) is 0 Å². The SMILES string of the molecule is CCc1ccc(S(=N)(=O)NC)cc1. The Balaban J connectivity index is 3.06. The average molecular weight is 198 g/mol. The number of aryl methyl sites for hydroxylation is 1. The lowest BCUT2D eigenvalue weighted by molar-refractivity contribution is 0.668. The minimum absolute atomic E-state index is 0.534. The topological polar surface area (TPSA) is 53.0 Å². The lowest BCUT2D eigenvalue weighted by atomic mass is 10.2. The van der Waals surface area contributed by atoms with E-state index in [0.29, 0.717) is 4.90 Å². The number of nitrogens with one attached hydrogen (secondary N) is 2. The van der Waals surface area contributed by atoms with Gasteiger partial charge in [0.1, 0.15) is 9.92 Å². The van der Waals surface area contributed by atoms with E-state index in [-0.39, 0.29) is 0 Å². The highest BCUT2D eigenvalue weighted by Gasteiger charge is 2.05. The first-order valence-electron chi connectivity index (χ1n) is 4.16. The van der Waals surface area contributed by atoms with Gasteiger partial charge in [-0.3, -0.25) is 0 Å². The first kappa shape index (κ1) is 10.2. The van der Waals surface area contributed by atoms with Gasteiger partial charge in [-0.15, -0.1) is 0 Å². The molecule has 0 radical (unpaired) electrons. The smallest absolute Gasteiger partial charge is 0.134 e. The molecule has 0 aliphatic carbocycles. The van der Waals surface area contributed by atoms with Crippen LogP contribution in [-0.4, -0.2) is 11.3 Å². The van der Waals surface area contributed by atoms with Crippen molar-refractivity contribution >= 4 is 9.92 Å². The Morgan fingerprint density at radius 1 is 1.38 bits per heavy atom. The molecule has 1 aromatic carbocycles. The highest BCUT2D eigenvalue weighted by Crippen LogP contribution is 2.10. The zero-order valence-electron chi connectivity index (χ0n) is 7.83. The summed E-state index contributed by atoms with van der Waals surface area (Å²) in [5, 5.41) is 0. The molecule has 0 aliphatic rings. The summed E-state index contributed by atoms with van der Waals surface area (Å²) >= 11 is 0. The van der Waals surface area contributed by atoms with E-state index in [9.17, 15) is 4.21 Å². The largest absolute Gasteiger partial charge is 0.236 e. The van der Waals surface area contributed by atoms with Crippen LogP contribution in [0.15, 0.2) is 29.2 Å². The monoisotopic (exact) mass is 198 g/mol. The summed E-state index contributed by atoms with van der Waals surface area (Å²) in [4.78, 5) is 0.534. The molecule has 0 aromatic heterocycles. The van der Waals surface area contributed by atoms with E-state index in [0.717, 1.165) is 6.42 Å². The second kappa shape index (κ2) is 3.89. The highest BCUT2D eigenvalue weighted by atomic mass is 32.2. The third-order valence-corrected chi connectivity index (χ3v) is 3.46.